The van der Waals surface area contributed by atoms with E-state index in [0.717, 1.165) is 44.2 Å². The minimum absolute atomic E-state index is 0.120. The van der Waals surface area contributed by atoms with Crippen LogP contribution in [-0.4, -0.2) is 17.2 Å². The van der Waals surface area contributed by atoms with E-state index in [1.54, 1.807) is 0 Å². The summed E-state index contributed by atoms with van der Waals surface area (Å²) in [6.07, 6.45) is 4.97. The van der Waals surface area contributed by atoms with Crippen LogP contribution in [-0.2, 0) is 11.2 Å². The molecule has 0 fully saturated rings. The average Bonchev–Trinajstić information content (AvgIpc) is 2.45. The third-order valence-electron chi connectivity index (χ3n) is 5.40. The molecule has 2 heterocycles. The number of hydrogen-bond acceptors (Lipinski definition) is 2. The van der Waals surface area contributed by atoms with Gasteiger partial charge in [0.05, 0.1) is 6.04 Å². The van der Waals surface area contributed by atoms with Crippen molar-refractivity contribution in [2.24, 2.45) is 5.41 Å². The van der Waals surface area contributed by atoms with Gasteiger partial charge >= 0.3 is 0 Å². The van der Waals surface area contributed by atoms with Crippen molar-refractivity contribution in [1.82, 2.24) is 4.90 Å². The van der Waals surface area contributed by atoms with E-state index in [1.165, 1.54) is 16.8 Å². The van der Waals surface area contributed by atoms with E-state index in [4.69, 9.17) is 0 Å². The van der Waals surface area contributed by atoms with E-state index < -0.39 is 0 Å². The Morgan fingerprint density at radius 2 is 1.95 bits per heavy atom. The van der Waals surface area contributed by atoms with Crippen molar-refractivity contribution >= 4 is 5.78 Å². The van der Waals surface area contributed by atoms with Gasteiger partial charge in [-0.3, -0.25) is 4.79 Å². The molecule has 1 unspecified atom stereocenters. The van der Waals surface area contributed by atoms with Gasteiger partial charge in [-0.05, 0) is 42.2 Å². The van der Waals surface area contributed by atoms with Gasteiger partial charge in [0.15, 0.2) is 5.78 Å². The highest BCUT2D eigenvalue weighted by Crippen LogP contribution is 2.48. The van der Waals surface area contributed by atoms with Gasteiger partial charge in [-0.25, -0.2) is 0 Å². The van der Waals surface area contributed by atoms with E-state index >= 15 is 0 Å². The van der Waals surface area contributed by atoms with E-state index in [-0.39, 0.29) is 5.41 Å². The van der Waals surface area contributed by atoms with Crippen LogP contribution in [0.2, 0.25) is 0 Å². The third-order valence-corrected chi connectivity index (χ3v) is 5.40. The first-order chi connectivity index (χ1) is 10.1. The predicted octanol–water partition coefficient (Wildman–Crippen LogP) is 4.02. The van der Waals surface area contributed by atoms with Crippen LogP contribution in [0.15, 0.2) is 35.5 Å². The van der Waals surface area contributed by atoms with Gasteiger partial charge in [-0.15, -0.1) is 0 Å². The van der Waals surface area contributed by atoms with E-state index in [9.17, 15) is 4.79 Å². The van der Waals surface area contributed by atoms with Crippen LogP contribution in [0, 0.1) is 5.41 Å². The highest BCUT2D eigenvalue weighted by Gasteiger charge is 2.41. The minimum atomic E-state index is 0.120. The number of allylic oxidation sites excluding steroid dienone is 2. The number of carbonyl (C=O) groups excluding carboxylic acids is 1. The zero-order chi connectivity index (χ0) is 14.6. The van der Waals surface area contributed by atoms with Crippen LogP contribution in [0.3, 0.4) is 0 Å². The number of fused-ring (bicyclic) bond motifs is 4. The van der Waals surface area contributed by atoms with Gasteiger partial charge in [-0.1, -0.05) is 38.1 Å². The number of benzene rings is 1. The van der Waals surface area contributed by atoms with Crippen LogP contribution < -0.4 is 0 Å². The molecule has 2 heteroatoms. The first kappa shape index (κ1) is 13.1. The number of rotatable bonds is 0. The molecule has 1 atom stereocenters. The highest BCUT2D eigenvalue weighted by atomic mass is 16.1. The van der Waals surface area contributed by atoms with Crippen molar-refractivity contribution in [3.8, 4) is 0 Å². The molecule has 2 nitrogen and oxygen atoms in total. The minimum Gasteiger partial charge on any atom is -0.367 e. The number of hydrogen-bond donors (Lipinski definition) is 0. The maximum Gasteiger partial charge on any atom is 0.161 e. The number of carbonyl (C=O) groups is 1. The Hall–Kier alpha value is -1.57. The fourth-order valence-corrected chi connectivity index (χ4v) is 4.45. The molecular weight excluding hydrogens is 258 g/mol. The predicted molar refractivity (Wildman–Crippen MR) is 83.9 cm³/mol. The molecule has 4 rings (SSSR count). The average molecular weight is 281 g/mol. The summed E-state index contributed by atoms with van der Waals surface area (Å²) in [6, 6.07) is 9.35. The quantitative estimate of drug-likeness (QED) is 0.716. The lowest BCUT2D eigenvalue weighted by molar-refractivity contribution is -0.119. The third kappa shape index (κ3) is 2.04. The molecule has 0 bridgehead atoms. The van der Waals surface area contributed by atoms with Gasteiger partial charge in [-0.2, -0.15) is 0 Å². The molecule has 0 radical (unpaired) electrons. The Labute approximate surface area is 126 Å². The molecular formula is C19H23NO. The summed E-state index contributed by atoms with van der Waals surface area (Å²) in [5, 5.41) is 0. The number of ketones is 1. The second kappa shape index (κ2) is 4.46. The summed E-state index contributed by atoms with van der Waals surface area (Å²) in [5.74, 6) is 0.401. The molecule has 2 aliphatic heterocycles. The fourth-order valence-electron chi connectivity index (χ4n) is 4.45. The first-order valence-corrected chi connectivity index (χ1v) is 8.15. The Kier molecular flexibility index (Phi) is 2.79. The molecule has 0 saturated carbocycles. The number of Topliss-reactive ketones (excluding diaryl/α,β-unsaturated/α-hetero) is 1. The Morgan fingerprint density at radius 1 is 1.14 bits per heavy atom. The lowest BCUT2D eigenvalue weighted by Crippen LogP contribution is -2.42. The Balaban J connectivity index is 1.77. The molecule has 1 aromatic carbocycles. The van der Waals surface area contributed by atoms with Gasteiger partial charge in [0.25, 0.3) is 0 Å². The van der Waals surface area contributed by atoms with Gasteiger partial charge in [0.1, 0.15) is 0 Å². The van der Waals surface area contributed by atoms with Crippen LogP contribution in [0.5, 0.6) is 0 Å². The maximum absolute atomic E-state index is 12.5. The lowest BCUT2D eigenvalue weighted by Gasteiger charge is -2.48. The van der Waals surface area contributed by atoms with Crippen molar-refractivity contribution in [2.45, 2.75) is 52.0 Å². The van der Waals surface area contributed by atoms with Gasteiger partial charge in [0.2, 0.25) is 0 Å². The summed E-state index contributed by atoms with van der Waals surface area (Å²) >= 11 is 0. The zero-order valence-electron chi connectivity index (χ0n) is 13.0. The standard InChI is InChI=1S/C19H23NO/c1-19(2)11-17-15(18(21)12-19)7-8-16-14-6-4-3-5-13(14)9-10-20(16)17/h3-6,16H,7-12H2,1-2H3. The first-order valence-electron chi connectivity index (χ1n) is 8.15. The normalized spacial score (nSPS) is 27.0. The van der Waals surface area contributed by atoms with E-state index in [2.05, 4.69) is 43.0 Å². The second-order valence-corrected chi connectivity index (χ2v) is 7.56. The number of nitrogens with zero attached hydrogens (tertiary/aromatic N) is 1. The summed E-state index contributed by atoms with van der Waals surface area (Å²) < 4.78 is 0. The van der Waals surface area contributed by atoms with Crippen molar-refractivity contribution in [3.05, 3.63) is 46.7 Å². The monoisotopic (exact) mass is 281 g/mol. The molecule has 0 N–H and O–H groups in total. The molecule has 110 valence electrons. The SMILES string of the molecule is CC1(C)CC(=O)C2=C(C1)N1CCc3ccccc3C1CC2. The van der Waals surface area contributed by atoms with Crippen LogP contribution >= 0.6 is 0 Å². The molecule has 1 aliphatic carbocycles. The van der Waals surface area contributed by atoms with Crippen LogP contribution in [0.1, 0.15) is 56.7 Å². The van der Waals surface area contributed by atoms with Crippen molar-refractivity contribution < 1.29 is 4.79 Å². The van der Waals surface area contributed by atoms with E-state index in [1.807, 2.05) is 0 Å². The van der Waals surface area contributed by atoms with Crippen LogP contribution in [0.4, 0.5) is 0 Å². The molecule has 21 heavy (non-hydrogen) atoms. The topological polar surface area (TPSA) is 20.3 Å². The largest absolute Gasteiger partial charge is 0.367 e. The molecule has 3 aliphatic rings. The summed E-state index contributed by atoms with van der Waals surface area (Å²) in [7, 11) is 0. The van der Waals surface area contributed by atoms with Gasteiger partial charge in [0, 0.05) is 24.2 Å². The maximum atomic E-state index is 12.5. The Bertz CT molecular complexity index is 641. The Morgan fingerprint density at radius 3 is 2.81 bits per heavy atom. The van der Waals surface area contributed by atoms with Crippen LogP contribution in [0.25, 0.3) is 0 Å². The second-order valence-electron chi connectivity index (χ2n) is 7.56. The van der Waals surface area contributed by atoms with Crippen molar-refractivity contribution in [2.75, 3.05) is 6.54 Å². The lowest BCUT2D eigenvalue weighted by atomic mass is 9.71. The van der Waals surface area contributed by atoms with Gasteiger partial charge < -0.3 is 4.90 Å². The molecule has 0 spiro atoms. The fraction of sp³-hybridized carbons (Fsp3) is 0.526. The highest BCUT2D eigenvalue weighted by molar-refractivity contribution is 5.97. The molecule has 0 aromatic heterocycles. The zero-order valence-corrected chi connectivity index (χ0v) is 13.0. The molecule has 1 aromatic rings. The summed E-state index contributed by atoms with van der Waals surface area (Å²) in [6.45, 7) is 5.54. The molecule has 0 saturated heterocycles. The summed E-state index contributed by atoms with van der Waals surface area (Å²) in [5.41, 5.74) is 5.62. The van der Waals surface area contributed by atoms with Crippen molar-refractivity contribution in [1.29, 1.82) is 0 Å². The van der Waals surface area contributed by atoms with Crippen molar-refractivity contribution in [3.63, 3.8) is 0 Å². The smallest absolute Gasteiger partial charge is 0.161 e. The van der Waals surface area contributed by atoms with E-state index in [0.29, 0.717) is 11.8 Å². The molecule has 0 amide bonds. The summed E-state index contributed by atoms with van der Waals surface area (Å²) in [4.78, 5) is 15.0.